The van der Waals surface area contributed by atoms with E-state index in [4.69, 9.17) is 11.6 Å². The Morgan fingerprint density at radius 2 is 1.88 bits per heavy atom. The molecule has 0 unspecified atom stereocenters. The summed E-state index contributed by atoms with van der Waals surface area (Å²) in [6, 6.07) is 10.7. The lowest BCUT2D eigenvalue weighted by atomic mass is 10.1. The van der Waals surface area contributed by atoms with Gasteiger partial charge in [-0.3, -0.25) is 25.1 Å². The van der Waals surface area contributed by atoms with Crippen molar-refractivity contribution in [2.75, 3.05) is 5.01 Å². The van der Waals surface area contributed by atoms with Crippen LogP contribution in [0.5, 0.6) is 5.75 Å². The summed E-state index contributed by atoms with van der Waals surface area (Å²) in [7, 11) is 0. The van der Waals surface area contributed by atoms with Crippen LogP contribution >= 0.6 is 11.6 Å². The maximum absolute atomic E-state index is 12.4. The molecule has 0 aromatic heterocycles. The van der Waals surface area contributed by atoms with Gasteiger partial charge in [0.25, 0.3) is 11.8 Å². The summed E-state index contributed by atoms with van der Waals surface area (Å²) in [6.07, 6.45) is 1.18. The molecule has 25 heavy (non-hydrogen) atoms. The van der Waals surface area contributed by atoms with E-state index in [1.165, 1.54) is 12.1 Å². The number of aromatic hydroxyl groups is 1. The van der Waals surface area contributed by atoms with Crippen molar-refractivity contribution in [2.45, 2.75) is 0 Å². The van der Waals surface area contributed by atoms with E-state index >= 15 is 0 Å². The van der Waals surface area contributed by atoms with Crippen LogP contribution in [0.2, 0.25) is 5.02 Å². The zero-order valence-corrected chi connectivity index (χ0v) is 13.2. The van der Waals surface area contributed by atoms with E-state index in [2.05, 4.69) is 5.43 Å². The van der Waals surface area contributed by atoms with Gasteiger partial charge in [0, 0.05) is 6.07 Å². The minimum Gasteiger partial charge on any atom is -0.501 e. The third-order valence-electron chi connectivity index (χ3n) is 3.48. The van der Waals surface area contributed by atoms with Crippen LogP contribution in [0.25, 0.3) is 6.08 Å². The molecule has 126 valence electrons. The van der Waals surface area contributed by atoms with E-state index in [1.807, 2.05) is 0 Å². The Kier molecular flexibility index (Phi) is 4.12. The first-order valence-electron chi connectivity index (χ1n) is 6.97. The fourth-order valence-electron chi connectivity index (χ4n) is 2.31. The largest absolute Gasteiger partial charge is 0.501 e. The number of nitro groups is 1. The molecule has 8 nitrogen and oxygen atoms in total. The molecule has 2 aromatic carbocycles. The summed E-state index contributed by atoms with van der Waals surface area (Å²) in [5.74, 6) is -1.94. The van der Waals surface area contributed by atoms with Crippen molar-refractivity contribution < 1.29 is 19.6 Å². The van der Waals surface area contributed by atoms with Crippen LogP contribution in [0.15, 0.2) is 48.0 Å². The van der Waals surface area contributed by atoms with Crippen LogP contribution in [-0.4, -0.2) is 21.8 Å². The number of anilines is 1. The Morgan fingerprint density at radius 3 is 2.52 bits per heavy atom. The normalized spacial score (nSPS) is 15.6. The van der Waals surface area contributed by atoms with Crippen LogP contribution < -0.4 is 10.4 Å². The number of nitrogens with zero attached hydrogens (tertiary/aromatic N) is 2. The van der Waals surface area contributed by atoms with Crippen molar-refractivity contribution >= 4 is 40.9 Å². The highest BCUT2D eigenvalue weighted by Crippen LogP contribution is 2.35. The zero-order chi connectivity index (χ0) is 18.1. The Balaban J connectivity index is 2.01. The monoisotopic (exact) mass is 359 g/mol. The van der Waals surface area contributed by atoms with Gasteiger partial charge in [-0.05, 0) is 29.8 Å². The van der Waals surface area contributed by atoms with Gasteiger partial charge < -0.3 is 5.11 Å². The molecule has 1 aliphatic heterocycles. The fourth-order valence-corrected chi connectivity index (χ4v) is 2.53. The van der Waals surface area contributed by atoms with Gasteiger partial charge in [0.05, 0.1) is 15.6 Å². The molecular formula is C16H10ClN3O5. The Hall–Kier alpha value is -3.39. The number of para-hydroxylation sites is 1. The summed E-state index contributed by atoms with van der Waals surface area (Å²) in [6.45, 7) is 0. The second-order valence-corrected chi connectivity index (χ2v) is 5.51. The molecule has 2 aromatic rings. The van der Waals surface area contributed by atoms with E-state index in [0.29, 0.717) is 5.69 Å². The van der Waals surface area contributed by atoms with Gasteiger partial charge in [-0.1, -0.05) is 29.8 Å². The number of rotatable bonds is 3. The second kappa shape index (κ2) is 6.25. The second-order valence-electron chi connectivity index (χ2n) is 5.10. The van der Waals surface area contributed by atoms with Gasteiger partial charge in [-0.15, -0.1) is 0 Å². The van der Waals surface area contributed by atoms with Crippen molar-refractivity contribution in [2.24, 2.45) is 0 Å². The van der Waals surface area contributed by atoms with Gasteiger partial charge >= 0.3 is 5.69 Å². The van der Waals surface area contributed by atoms with Crippen molar-refractivity contribution in [3.05, 3.63) is 68.7 Å². The summed E-state index contributed by atoms with van der Waals surface area (Å²) < 4.78 is 0. The smallest absolute Gasteiger partial charge is 0.312 e. The maximum atomic E-state index is 12.4. The average Bonchev–Trinajstić information content (AvgIpc) is 2.86. The van der Waals surface area contributed by atoms with E-state index in [-0.39, 0.29) is 16.2 Å². The molecule has 0 aliphatic carbocycles. The first-order chi connectivity index (χ1) is 11.9. The number of carbonyl (C=O) groups is 2. The van der Waals surface area contributed by atoms with Crippen molar-refractivity contribution in [1.29, 1.82) is 0 Å². The van der Waals surface area contributed by atoms with Gasteiger partial charge in [0.15, 0.2) is 0 Å². The molecule has 1 fully saturated rings. The fraction of sp³-hybridized carbons (Fsp3) is 0. The SMILES string of the molecule is O=C1NN(c2ccccc2)C(=O)/C1=C\c1cc(Cl)c(O)c([N+](=O)[O-])c1. The van der Waals surface area contributed by atoms with Gasteiger partial charge in [-0.2, -0.15) is 0 Å². The number of hydrazine groups is 1. The third kappa shape index (κ3) is 3.02. The lowest BCUT2D eigenvalue weighted by Gasteiger charge is -2.13. The molecule has 1 heterocycles. The standard InChI is InChI=1S/C16H10ClN3O5/c17-12-7-9(8-13(14(12)21)20(24)25)6-11-15(22)18-19(16(11)23)10-4-2-1-3-5-10/h1-8,21H,(H,18,22)/b11-6-. The molecule has 0 radical (unpaired) electrons. The highest BCUT2D eigenvalue weighted by Gasteiger charge is 2.34. The number of benzene rings is 2. The number of amides is 2. The van der Waals surface area contributed by atoms with Crippen molar-refractivity contribution in [3.63, 3.8) is 0 Å². The lowest BCUT2D eigenvalue weighted by molar-refractivity contribution is -0.385. The van der Waals surface area contributed by atoms with E-state index in [1.54, 1.807) is 30.3 Å². The summed E-state index contributed by atoms with van der Waals surface area (Å²) in [4.78, 5) is 34.7. The Morgan fingerprint density at radius 1 is 1.20 bits per heavy atom. The topological polar surface area (TPSA) is 113 Å². The maximum Gasteiger partial charge on any atom is 0.312 e. The summed E-state index contributed by atoms with van der Waals surface area (Å²) in [5.41, 5.74) is 2.20. The first-order valence-corrected chi connectivity index (χ1v) is 7.35. The molecule has 9 heteroatoms. The van der Waals surface area contributed by atoms with Crippen LogP contribution in [-0.2, 0) is 9.59 Å². The van der Waals surface area contributed by atoms with E-state index in [0.717, 1.165) is 11.1 Å². The highest BCUT2D eigenvalue weighted by molar-refractivity contribution is 6.33. The van der Waals surface area contributed by atoms with E-state index in [9.17, 15) is 24.8 Å². The number of halogens is 1. The first kappa shape index (κ1) is 16.5. The molecular weight excluding hydrogens is 350 g/mol. The average molecular weight is 360 g/mol. The van der Waals surface area contributed by atoms with Crippen LogP contribution in [0.4, 0.5) is 11.4 Å². The number of carbonyl (C=O) groups excluding carboxylic acids is 2. The van der Waals surface area contributed by atoms with Crippen LogP contribution in [0, 0.1) is 10.1 Å². The Labute approximate surface area is 146 Å². The Bertz CT molecular complexity index is 927. The van der Waals surface area contributed by atoms with Crippen molar-refractivity contribution in [3.8, 4) is 5.75 Å². The molecule has 0 bridgehead atoms. The molecule has 2 N–H and O–H groups in total. The molecule has 0 atom stereocenters. The predicted octanol–water partition coefficient (Wildman–Crippen LogP) is 2.42. The number of phenolic OH excluding ortho intramolecular Hbond substituents is 1. The number of hydrogen-bond acceptors (Lipinski definition) is 5. The van der Waals surface area contributed by atoms with Gasteiger partial charge in [-0.25, -0.2) is 5.01 Å². The summed E-state index contributed by atoms with van der Waals surface area (Å²) in [5, 5.41) is 21.4. The van der Waals surface area contributed by atoms with Gasteiger partial charge in [0.1, 0.15) is 5.57 Å². The highest BCUT2D eigenvalue weighted by atomic mass is 35.5. The predicted molar refractivity (Wildman–Crippen MR) is 89.8 cm³/mol. The quantitative estimate of drug-likeness (QED) is 0.378. The van der Waals surface area contributed by atoms with Gasteiger partial charge in [0.2, 0.25) is 5.75 Å². The number of phenols is 1. The number of nitro benzene ring substituents is 1. The number of nitrogens with one attached hydrogen (secondary N) is 1. The lowest BCUT2D eigenvalue weighted by Crippen LogP contribution is -2.35. The molecule has 2 amide bonds. The van der Waals surface area contributed by atoms with Crippen LogP contribution in [0.1, 0.15) is 5.56 Å². The third-order valence-corrected chi connectivity index (χ3v) is 3.77. The molecule has 0 spiro atoms. The van der Waals surface area contributed by atoms with Crippen molar-refractivity contribution in [1.82, 2.24) is 5.43 Å². The molecule has 0 saturated carbocycles. The molecule has 1 aliphatic rings. The zero-order valence-electron chi connectivity index (χ0n) is 12.5. The van der Waals surface area contributed by atoms with Crippen LogP contribution in [0.3, 0.4) is 0 Å². The molecule has 1 saturated heterocycles. The molecule has 3 rings (SSSR count). The summed E-state index contributed by atoms with van der Waals surface area (Å²) >= 11 is 5.77. The minimum atomic E-state index is -0.809. The minimum absolute atomic E-state index is 0.142. The van der Waals surface area contributed by atoms with E-state index < -0.39 is 28.2 Å². The number of hydrogen-bond donors (Lipinski definition) is 2.